The lowest BCUT2D eigenvalue weighted by atomic mass is 9.82. The summed E-state index contributed by atoms with van der Waals surface area (Å²) in [7, 11) is 0. The van der Waals surface area contributed by atoms with Gasteiger partial charge in [0.2, 0.25) is 0 Å². The number of carbonyl (C=O) groups excluding carboxylic acids is 1. The van der Waals surface area contributed by atoms with Crippen molar-refractivity contribution in [2.45, 2.75) is 37.1 Å². The lowest BCUT2D eigenvalue weighted by Crippen LogP contribution is -2.55. The average molecular weight is 377 g/mol. The van der Waals surface area contributed by atoms with Crippen molar-refractivity contribution in [3.63, 3.8) is 0 Å². The van der Waals surface area contributed by atoms with Crippen LogP contribution in [0.1, 0.15) is 29.8 Å². The number of piperidine rings is 1. The number of likely N-dealkylation sites (tertiary alicyclic amines) is 1. The molecule has 2 saturated heterocycles. The smallest absolute Gasteiger partial charge is 0.272 e. The summed E-state index contributed by atoms with van der Waals surface area (Å²) in [5, 5.41) is 21.0. The quantitative estimate of drug-likeness (QED) is 0.795. The lowest BCUT2D eigenvalue weighted by Gasteiger charge is -2.46. The number of hydrogen-bond acceptors (Lipinski definition) is 5. The second kappa shape index (κ2) is 6.78. The predicted octanol–water partition coefficient (Wildman–Crippen LogP) is 2.01. The number of fused-ring (bicyclic) bond motifs is 1. The van der Waals surface area contributed by atoms with Gasteiger partial charge in [-0.25, -0.2) is 4.98 Å². The molecule has 2 atom stereocenters. The van der Waals surface area contributed by atoms with Crippen molar-refractivity contribution in [1.29, 1.82) is 0 Å². The number of aromatic nitrogens is 1. The van der Waals surface area contributed by atoms with E-state index < -0.39 is 17.8 Å². The Bertz CT molecular complexity index is 835. The van der Waals surface area contributed by atoms with Gasteiger partial charge in [0, 0.05) is 24.9 Å². The second-order valence-corrected chi connectivity index (χ2v) is 7.54. The molecule has 2 aliphatic heterocycles. The third kappa shape index (κ3) is 3.18. The molecule has 2 N–H and O–H groups in total. The number of carbonyl (C=O) groups is 1. The van der Waals surface area contributed by atoms with Crippen LogP contribution in [0.2, 0.25) is 5.02 Å². The molecular formula is C19H21ClN2O4. The number of rotatable bonds is 1. The molecule has 0 aliphatic carbocycles. The molecule has 0 unspecified atom stereocenters. The van der Waals surface area contributed by atoms with Crippen LogP contribution in [-0.2, 0) is 4.74 Å². The van der Waals surface area contributed by atoms with Crippen LogP contribution in [0.15, 0.2) is 30.3 Å². The molecule has 1 aromatic carbocycles. The number of hydrogen-bond donors (Lipinski definition) is 2. The van der Waals surface area contributed by atoms with E-state index in [0.717, 1.165) is 5.39 Å². The third-order valence-corrected chi connectivity index (χ3v) is 5.74. The molecule has 26 heavy (non-hydrogen) atoms. The van der Waals surface area contributed by atoms with Gasteiger partial charge in [-0.3, -0.25) is 4.79 Å². The van der Waals surface area contributed by atoms with E-state index in [1.165, 1.54) is 0 Å². The van der Waals surface area contributed by atoms with Gasteiger partial charge in [-0.2, -0.15) is 0 Å². The van der Waals surface area contributed by atoms with Crippen LogP contribution in [0.3, 0.4) is 0 Å². The number of halogens is 1. The predicted molar refractivity (Wildman–Crippen MR) is 97.2 cm³/mol. The lowest BCUT2D eigenvalue weighted by molar-refractivity contribution is -0.185. The minimum absolute atomic E-state index is 0.127. The van der Waals surface area contributed by atoms with E-state index in [4.69, 9.17) is 16.3 Å². The Kier molecular flexibility index (Phi) is 4.61. The Labute approximate surface area is 156 Å². The molecular weight excluding hydrogens is 356 g/mol. The fraction of sp³-hybridized carbons (Fsp3) is 0.474. The van der Waals surface area contributed by atoms with Gasteiger partial charge >= 0.3 is 0 Å². The fourth-order valence-corrected chi connectivity index (χ4v) is 4.03. The van der Waals surface area contributed by atoms with Gasteiger partial charge in [0.25, 0.3) is 5.91 Å². The fourth-order valence-electron chi connectivity index (χ4n) is 3.81. The van der Waals surface area contributed by atoms with Gasteiger partial charge in [-0.05, 0) is 25.0 Å². The molecule has 2 aromatic rings. The Hall–Kier alpha value is -1.73. The van der Waals surface area contributed by atoms with Gasteiger partial charge in [0.15, 0.2) is 0 Å². The maximum atomic E-state index is 12.8. The Morgan fingerprint density at radius 2 is 1.96 bits per heavy atom. The number of pyridine rings is 1. The van der Waals surface area contributed by atoms with Gasteiger partial charge in [0.05, 0.1) is 28.9 Å². The maximum Gasteiger partial charge on any atom is 0.272 e. The van der Waals surface area contributed by atoms with E-state index in [9.17, 15) is 15.0 Å². The molecule has 7 heteroatoms. The number of para-hydroxylation sites is 1. The number of aliphatic hydroxyl groups excluding tert-OH is 2. The molecule has 0 radical (unpaired) electrons. The zero-order valence-corrected chi connectivity index (χ0v) is 15.0. The zero-order chi connectivity index (χ0) is 18.3. The minimum atomic E-state index is -0.827. The van der Waals surface area contributed by atoms with Crippen molar-refractivity contribution in [1.82, 2.24) is 9.88 Å². The van der Waals surface area contributed by atoms with Crippen LogP contribution in [0.5, 0.6) is 0 Å². The number of ether oxygens (including phenoxy) is 1. The zero-order valence-electron chi connectivity index (χ0n) is 14.3. The molecule has 1 amide bonds. The van der Waals surface area contributed by atoms with Crippen molar-refractivity contribution in [3.8, 4) is 0 Å². The molecule has 3 heterocycles. The molecule has 1 aromatic heterocycles. The number of aliphatic hydroxyl groups is 2. The first-order valence-electron chi connectivity index (χ1n) is 8.82. The summed E-state index contributed by atoms with van der Waals surface area (Å²) in [5.74, 6) is -0.127. The monoisotopic (exact) mass is 376 g/mol. The van der Waals surface area contributed by atoms with E-state index in [1.807, 2.05) is 18.2 Å². The van der Waals surface area contributed by atoms with E-state index in [1.54, 1.807) is 17.0 Å². The SMILES string of the molecule is O=C(c1ccc2cccc(Cl)c2n1)N1CCC2(CC1)C[C@@H](O)[C@@H](O)CO2. The first-order chi connectivity index (χ1) is 12.5. The summed E-state index contributed by atoms with van der Waals surface area (Å²) in [6.07, 6.45) is 0.0791. The highest BCUT2D eigenvalue weighted by atomic mass is 35.5. The van der Waals surface area contributed by atoms with Crippen LogP contribution in [0.4, 0.5) is 0 Å². The topological polar surface area (TPSA) is 82.9 Å². The summed E-state index contributed by atoms with van der Waals surface area (Å²) in [6, 6.07) is 9.11. The van der Waals surface area contributed by atoms with E-state index in [-0.39, 0.29) is 12.5 Å². The summed E-state index contributed by atoms with van der Waals surface area (Å²) in [4.78, 5) is 19.0. The summed E-state index contributed by atoms with van der Waals surface area (Å²) in [5.41, 5.74) is 0.554. The summed E-state index contributed by atoms with van der Waals surface area (Å²) in [6.45, 7) is 1.20. The summed E-state index contributed by atoms with van der Waals surface area (Å²) < 4.78 is 5.82. The first-order valence-corrected chi connectivity index (χ1v) is 9.20. The van der Waals surface area contributed by atoms with Crippen LogP contribution >= 0.6 is 11.6 Å². The van der Waals surface area contributed by atoms with E-state index in [0.29, 0.717) is 48.6 Å². The van der Waals surface area contributed by atoms with Crippen LogP contribution in [-0.4, -0.2) is 63.5 Å². The Morgan fingerprint density at radius 1 is 1.19 bits per heavy atom. The molecule has 4 rings (SSSR count). The van der Waals surface area contributed by atoms with E-state index >= 15 is 0 Å². The normalized spacial score (nSPS) is 25.6. The largest absolute Gasteiger partial charge is 0.390 e. The Balaban J connectivity index is 1.48. The molecule has 0 bridgehead atoms. The van der Waals surface area contributed by atoms with Crippen LogP contribution in [0, 0.1) is 0 Å². The van der Waals surface area contributed by atoms with Crippen molar-refractivity contribution >= 4 is 28.4 Å². The summed E-state index contributed by atoms with van der Waals surface area (Å²) >= 11 is 6.19. The maximum absolute atomic E-state index is 12.8. The second-order valence-electron chi connectivity index (χ2n) is 7.13. The number of nitrogens with zero attached hydrogens (tertiary/aromatic N) is 2. The molecule has 1 spiro atoms. The highest BCUT2D eigenvalue weighted by Gasteiger charge is 2.43. The molecule has 6 nitrogen and oxygen atoms in total. The van der Waals surface area contributed by atoms with Gasteiger partial charge in [-0.1, -0.05) is 29.8 Å². The van der Waals surface area contributed by atoms with Crippen molar-refractivity contribution in [2.75, 3.05) is 19.7 Å². The molecule has 0 saturated carbocycles. The molecule has 2 aliphatic rings. The molecule has 138 valence electrons. The first kappa shape index (κ1) is 17.7. The van der Waals surface area contributed by atoms with E-state index in [2.05, 4.69) is 4.98 Å². The minimum Gasteiger partial charge on any atom is -0.390 e. The van der Waals surface area contributed by atoms with Gasteiger partial charge in [0.1, 0.15) is 11.8 Å². The third-order valence-electron chi connectivity index (χ3n) is 5.44. The van der Waals surface area contributed by atoms with Crippen molar-refractivity contribution < 1.29 is 19.7 Å². The van der Waals surface area contributed by atoms with Crippen molar-refractivity contribution in [2.24, 2.45) is 0 Å². The van der Waals surface area contributed by atoms with Crippen LogP contribution in [0.25, 0.3) is 10.9 Å². The Morgan fingerprint density at radius 3 is 2.69 bits per heavy atom. The molecule has 2 fully saturated rings. The highest BCUT2D eigenvalue weighted by Crippen LogP contribution is 2.35. The number of benzene rings is 1. The van der Waals surface area contributed by atoms with Crippen molar-refractivity contribution in [3.05, 3.63) is 41.0 Å². The van der Waals surface area contributed by atoms with Crippen LogP contribution < -0.4 is 0 Å². The van der Waals surface area contributed by atoms with Gasteiger partial charge in [-0.15, -0.1) is 0 Å². The average Bonchev–Trinajstić information content (AvgIpc) is 2.65. The van der Waals surface area contributed by atoms with Gasteiger partial charge < -0.3 is 19.8 Å². The standard InChI is InChI=1S/C19H21ClN2O4/c20-13-3-1-2-12-4-5-14(21-17(12)13)18(25)22-8-6-19(7-9-22)10-15(23)16(24)11-26-19/h1-5,15-16,23-24H,6-11H2/t15-,16+/m1/s1. The number of amides is 1. The highest BCUT2D eigenvalue weighted by molar-refractivity contribution is 6.35.